The van der Waals surface area contributed by atoms with E-state index < -0.39 is 9.84 Å². The summed E-state index contributed by atoms with van der Waals surface area (Å²) in [6.07, 6.45) is 2.68. The van der Waals surface area contributed by atoms with Crippen molar-refractivity contribution in [2.45, 2.75) is 4.90 Å². The number of anilines is 1. The zero-order chi connectivity index (χ0) is 20.6. The lowest BCUT2D eigenvalue weighted by molar-refractivity contribution is 0.102. The summed E-state index contributed by atoms with van der Waals surface area (Å²) in [4.78, 5) is 24.5. The van der Waals surface area contributed by atoms with E-state index in [9.17, 15) is 13.2 Å². The second kappa shape index (κ2) is 7.31. The molecule has 0 saturated carbocycles. The van der Waals surface area contributed by atoms with Crippen molar-refractivity contribution in [3.8, 4) is 11.4 Å². The monoisotopic (exact) mass is 426 g/mol. The molecular weight excluding hydrogens is 412 g/mol. The maximum absolute atomic E-state index is 12.4. The van der Waals surface area contributed by atoms with Crippen molar-refractivity contribution >= 4 is 44.2 Å². The van der Waals surface area contributed by atoms with Crippen molar-refractivity contribution in [2.75, 3.05) is 11.6 Å². The number of imidazole rings is 1. The molecule has 0 radical (unpaired) electrons. The van der Waals surface area contributed by atoms with Crippen LogP contribution in [0.5, 0.6) is 0 Å². The summed E-state index contributed by atoms with van der Waals surface area (Å²) in [6, 6.07) is 14.9. The molecule has 29 heavy (non-hydrogen) atoms. The van der Waals surface area contributed by atoms with Gasteiger partial charge in [-0.2, -0.15) is 0 Å². The van der Waals surface area contributed by atoms with Crippen molar-refractivity contribution in [3.05, 3.63) is 71.4 Å². The zero-order valence-corrected chi connectivity index (χ0v) is 16.8. The van der Waals surface area contributed by atoms with Crippen LogP contribution in [0.3, 0.4) is 0 Å². The number of hydrogen-bond acceptors (Lipinski definition) is 5. The Labute approximate surface area is 171 Å². The molecule has 0 fully saturated rings. The Kier molecular flexibility index (Phi) is 4.81. The summed E-state index contributed by atoms with van der Waals surface area (Å²) in [5, 5.41) is 3.12. The first-order valence-corrected chi connectivity index (χ1v) is 10.8. The summed E-state index contributed by atoms with van der Waals surface area (Å²) >= 11 is 6.06. The number of benzene rings is 2. The van der Waals surface area contributed by atoms with Gasteiger partial charge in [-0.3, -0.25) is 4.79 Å². The molecule has 2 N–H and O–H groups in total. The first-order valence-electron chi connectivity index (χ1n) is 8.53. The molecule has 0 atom stereocenters. The third kappa shape index (κ3) is 3.98. The average Bonchev–Trinajstić information content (AvgIpc) is 3.11. The minimum atomic E-state index is -3.26. The van der Waals surface area contributed by atoms with E-state index in [0.29, 0.717) is 33.3 Å². The summed E-state index contributed by atoms with van der Waals surface area (Å²) in [7, 11) is -3.26. The van der Waals surface area contributed by atoms with E-state index in [2.05, 4.69) is 20.3 Å². The molecule has 146 valence electrons. The summed E-state index contributed by atoms with van der Waals surface area (Å²) in [6.45, 7) is 0. The van der Waals surface area contributed by atoms with Gasteiger partial charge in [0, 0.05) is 11.8 Å². The van der Waals surface area contributed by atoms with Crippen LogP contribution in [0.2, 0.25) is 5.02 Å². The van der Waals surface area contributed by atoms with Crippen LogP contribution in [0.15, 0.2) is 65.7 Å². The minimum Gasteiger partial charge on any atom is -0.323 e. The van der Waals surface area contributed by atoms with Gasteiger partial charge < -0.3 is 10.3 Å². The number of amides is 1. The average molecular weight is 427 g/mol. The van der Waals surface area contributed by atoms with Crippen LogP contribution in [-0.2, 0) is 9.84 Å². The van der Waals surface area contributed by atoms with E-state index in [1.54, 1.807) is 42.5 Å². The maximum atomic E-state index is 12.4. The second-order valence-corrected chi connectivity index (χ2v) is 8.83. The molecule has 4 aromatic rings. The maximum Gasteiger partial charge on any atom is 0.257 e. The van der Waals surface area contributed by atoms with Gasteiger partial charge in [-0.15, -0.1) is 0 Å². The number of nitrogens with one attached hydrogen (secondary N) is 2. The van der Waals surface area contributed by atoms with E-state index in [0.717, 1.165) is 11.8 Å². The van der Waals surface area contributed by atoms with Crippen LogP contribution in [0.25, 0.3) is 22.6 Å². The lowest BCUT2D eigenvalue weighted by Gasteiger charge is -2.06. The molecule has 0 unspecified atom stereocenters. The Balaban J connectivity index is 1.61. The Morgan fingerprint density at radius 1 is 1.10 bits per heavy atom. The fraction of sp³-hybridized carbons (Fsp3) is 0.0500. The van der Waals surface area contributed by atoms with Crippen LogP contribution in [-0.4, -0.2) is 35.5 Å². The highest BCUT2D eigenvalue weighted by atomic mass is 35.5. The third-order valence-corrected chi connectivity index (χ3v) is 5.73. The fourth-order valence-electron chi connectivity index (χ4n) is 2.80. The number of nitrogens with zero attached hydrogens (tertiary/aromatic N) is 2. The van der Waals surface area contributed by atoms with Crippen molar-refractivity contribution in [3.63, 3.8) is 0 Å². The van der Waals surface area contributed by atoms with Crippen molar-refractivity contribution < 1.29 is 13.2 Å². The normalized spacial score (nSPS) is 11.5. The highest BCUT2D eigenvalue weighted by Crippen LogP contribution is 2.23. The van der Waals surface area contributed by atoms with E-state index in [1.165, 1.54) is 18.3 Å². The molecule has 2 aromatic heterocycles. The number of carbonyl (C=O) groups is 1. The summed E-state index contributed by atoms with van der Waals surface area (Å²) < 4.78 is 23.2. The van der Waals surface area contributed by atoms with E-state index in [-0.39, 0.29) is 10.8 Å². The number of aromatic nitrogens is 3. The van der Waals surface area contributed by atoms with Crippen LogP contribution in [0.1, 0.15) is 10.4 Å². The summed E-state index contributed by atoms with van der Waals surface area (Å²) in [5.74, 6) is 0.200. The van der Waals surface area contributed by atoms with Gasteiger partial charge in [0.25, 0.3) is 5.91 Å². The van der Waals surface area contributed by atoms with Gasteiger partial charge in [-0.05, 0) is 42.5 Å². The Morgan fingerprint density at radius 2 is 1.83 bits per heavy atom. The number of carbonyl (C=O) groups excluding carboxylic acids is 1. The van der Waals surface area contributed by atoms with Crippen LogP contribution in [0, 0.1) is 0 Å². The predicted molar refractivity (Wildman–Crippen MR) is 112 cm³/mol. The van der Waals surface area contributed by atoms with Crippen molar-refractivity contribution in [2.24, 2.45) is 0 Å². The molecule has 0 aliphatic rings. The molecule has 4 rings (SSSR count). The number of pyridine rings is 1. The smallest absolute Gasteiger partial charge is 0.257 e. The Hall–Kier alpha value is -3.23. The molecular formula is C20H15ClN4O3S. The largest absolute Gasteiger partial charge is 0.323 e. The number of fused-ring (bicyclic) bond motifs is 1. The van der Waals surface area contributed by atoms with Crippen molar-refractivity contribution in [1.29, 1.82) is 0 Å². The number of aromatic amines is 1. The van der Waals surface area contributed by atoms with Gasteiger partial charge in [0.05, 0.1) is 27.4 Å². The van der Waals surface area contributed by atoms with Crippen LogP contribution < -0.4 is 5.32 Å². The number of halogens is 1. The molecule has 0 saturated heterocycles. The van der Waals surface area contributed by atoms with Gasteiger partial charge in [-0.1, -0.05) is 23.7 Å². The molecule has 0 spiro atoms. The van der Waals surface area contributed by atoms with Gasteiger partial charge >= 0.3 is 0 Å². The third-order valence-electron chi connectivity index (χ3n) is 4.27. The minimum absolute atomic E-state index is 0.236. The Bertz CT molecular complexity index is 1330. The number of sulfone groups is 1. The van der Waals surface area contributed by atoms with Gasteiger partial charge in [-0.25, -0.2) is 18.4 Å². The standard InChI is InChI=1S/C20H15ClN4O3S/c1-29(27,28)14-8-6-12(7-9-14)18-24-17-10-13(11-22-19(17)25-18)23-20(26)15-4-2-3-5-16(15)21/h2-11H,1H3,(H,23,26)(H,22,24,25). The molecule has 2 heterocycles. The van der Waals surface area contributed by atoms with Gasteiger partial charge in [0.15, 0.2) is 15.5 Å². The zero-order valence-electron chi connectivity index (χ0n) is 15.2. The molecule has 9 heteroatoms. The highest BCUT2D eigenvalue weighted by Gasteiger charge is 2.13. The first kappa shape index (κ1) is 19.1. The fourth-order valence-corrected chi connectivity index (χ4v) is 3.66. The SMILES string of the molecule is CS(=O)(=O)c1ccc(-c2nc3cc(NC(=O)c4ccccc4Cl)cnc3[nH]2)cc1. The van der Waals surface area contributed by atoms with Crippen LogP contribution in [0.4, 0.5) is 5.69 Å². The lowest BCUT2D eigenvalue weighted by atomic mass is 10.2. The number of rotatable bonds is 4. The predicted octanol–water partition coefficient (Wildman–Crippen LogP) is 3.93. The van der Waals surface area contributed by atoms with Crippen molar-refractivity contribution in [1.82, 2.24) is 15.0 Å². The quantitative estimate of drug-likeness (QED) is 0.514. The second-order valence-electron chi connectivity index (χ2n) is 6.41. The summed E-state index contributed by atoms with van der Waals surface area (Å²) in [5.41, 5.74) is 2.67. The molecule has 1 amide bonds. The Morgan fingerprint density at radius 3 is 2.52 bits per heavy atom. The lowest BCUT2D eigenvalue weighted by Crippen LogP contribution is -2.12. The molecule has 7 nitrogen and oxygen atoms in total. The van der Waals surface area contributed by atoms with E-state index in [1.807, 2.05) is 0 Å². The number of H-pyrrole nitrogens is 1. The van der Waals surface area contributed by atoms with Gasteiger partial charge in [0.2, 0.25) is 0 Å². The highest BCUT2D eigenvalue weighted by molar-refractivity contribution is 7.90. The molecule has 0 aliphatic heterocycles. The van der Waals surface area contributed by atoms with E-state index in [4.69, 9.17) is 11.6 Å². The van der Waals surface area contributed by atoms with Crippen LogP contribution >= 0.6 is 11.6 Å². The van der Waals surface area contributed by atoms with E-state index >= 15 is 0 Å². The first-order chi connectivity index (χ1) is 13.8. The molecule has 0 aliphatic carbocycles. The molecule has 2 aromatic carbocycles. The van der Waals surface area contributed by atoms with Gasteiger partial charge in [0.1, 0.15) is 11.3 Å². The molecule has 0 bridgehead atoms. The number of hydrogen-bond donors (Lipinski definition) is 2. The topological polar surface area (TPSA) is 105 Å².